The van der Waals surface area contributed by atoms with Crippen molar-refractivity contribution in [3.8, 4) is 11.3 Å². The molecule has 41 heavy (non-hydrogen) atoms. The summed E-state index contributed by atoms with van der Waals surface area (Å²) < 4.78 is 8.00. The number of hydrogen-bond donors (Lipinski definition) is 2. The van der Waals surface area contributed by atoms with Gasteiger partial charge in [0.15, 0.2) is 5.65 Å². The highest BCUT2D eigenvalue weighted by Crippen LogP contribution is 2.48. The number of morpholine rings is 1. The fraction of sp³-hybridized carbons (Fsp3) is 0.594. The number of hydrogen-bond acceptors (Lipinski definition) is 6. The summed E-state index contributed by atoms with van der Waals surface area (Å²) >= 11 is 1.95. The van der Waals surface area contributed by atoms with Gasteiger partial charge in [-0.3, -0.25) is 4.79 Å². The normalized spacial score (nSPS) is 25.1. The molecule has 4 aliphatic rings. The van der Waals surface area contributed by atoms with Crippen molar-refractivity contribution in [2.75, 3.05) is 32.8 Å². The summed E-state index contributed by atoms with van der Waals surface area (Å²) in [4.78, 5) is 26.7. The van der Waals surface area contributed by atoms with Crippen LogP contribution in [0.15, 0.2) is 12.5 Å². The van der Waals surface area contributed by atoms with Crippen LogP contribution in [-0.4, -0.2) is 68.8 Å². The van der Waals surface area contributed by atoms with Crippen LogP contribution in [0.25, 0.3) is 27.1 Å². The minimum atomic E-state index is -0.0832. The third-order valence-corrected chi connectivity index (χ3v) is 11.7. The van der Waals surface area contributed by atoms with E-state index in [1.54, 1.807) is 6.33 Å². The molecular formula is C32H40N6O2S. The zero-order valence-corrected chi connectivity index (χ0v) is 25.2. The molecule has 4 aromatic heterocycles. The molecule has 4 aromatic rings. The molecule has 2 N–H and O–H groups in total. The Morgan fingerprint density at radius 2 is 2.00 bits per heavy atom. The number of H-pyrrole nitrogens is 1. The van der Waals surface area contributed by atoms with Crippen LogP contribution >= 0.6 is 11.3 Å². The molecule has 2 saturated heterocycles. The number of aromatic amines is 1. The number of carbonyl (C=O) groups excluding carboxylic acids is 1. The number of aromatic nitrogens is 4. The Balaban J connectivity index is 1.05. The zero-order valence-electron chi connectivity index (χ0n) is 24.4. The summed E-state index contributed by atoms with van der Waals surface area (Å²) in [6.07, 6.45) is 11.1. The van der Waals surface area contributed by atoms with Gasteiger partial charge >= 0.3 is 0 Å². The lowest BCUT2D eigenvalue weighted by Crippen LogP contribution is -2.60. The third kappa shape index (κ3) is 4.02. The van der Waals surface area contributed by atoms with Crippen LogP contribution in [-0.2, 0) is 22.4 Å². The monoisotopic (exact) mass is 572 g/mol. The summed E-state index contributed by atoms with van der Waals surface area (Å²) in [6, 6.07) is 0. The van der Waals surface area contributed by atoms with Gasteiger partial charge in [0.25, 0.3) is 0 Å². The molecule has 9 heteroatoms. The molecule has 0 atom stereocenters. The van der Waals surface area contributed by atoms with E-state index in [-0.39, 0.29) is 11.5 Å². The van der Waals surface area contributed by atoms with Crippen molar-refractivity contribution >= 4 is 33.1 Å². The molecule has 8 nitrogen and oxygen atoms in total. The van der Waals surface area contributed by atoms with Crippen LogP contribution in [0.5, 0.6) is 0 Å². The SMILES string of the molecule is Cc1c(C2CCN(C(=O)[C@H]3C[C@@]4(CNCCO4)C3)CC2)sc2[nH]c(-c3cn4ncnc4c4c3CCC4)c(C(C)C)c12. The van der Waals surface area contributed by atoms with Crippen LogP contribution in [0.4, 0.5) is 0 Å². The Kier molecular flexibility index (Phi) is 6.10. The number of fused-ring (bicyclic) bond motifs is 4. The minimum absolute atomic E-state index is 0.0832. The van der Waals surface area contributed by atoms with Crippen LogP contribution < -0.4 is 5.32 Å². The van der Waals surface area contributed by atoms with Gasteiger partial charge in [0.1, 0.15) is 11.2 Å². The number of aryl methyl sites for hydroxylation is 2. The van der Waals surface area contributed by atoms with Gasteiger partial charge in [-0.1, -0.05) is 13.8 Å². The van der Waals surface area contributed by atoms with Crippen LogP contribution in [0, 0.1) is 12.8 Å². The lowest BCUT2D eigenvalue weighted by molar-refractivity contribution is -0.168. The van der Waals surface area contributed by atoms with Crippen molar-refractivity contribution < 1.29 is 9.53 Å². The van der Waals surface area contributed by atoms with E-state index < -0.39 is 0 Å². The van der Waals surface area contributed by atoms with Gasteiger partial charge in [0, 0.05) is 59.7 Å². The molecule has 1 amide bonds. The maximum absolute atomic E-state index is 13.3. The second-order valence-electron chi connectivity index (χ2n) is 13.2. The summed E-state index contributed by atoms with van der Waals surface area (Å²) in [7, 11) is 0. The fourth-order valence-corrected chi connectivity index (χ4v) is 9.69. The molecule has 8 rings (SSSR count). The van der Waals surface area contributed by atoms with E-state index >= 15 is 0 Å². The summed E-state index contributed by atoms with van der Waals surface area (Å²) in [5.74, 6) is 1.40. The van der Waals surface area contributed by atoms with Crippen LogP contribution in [0.3, 0.4) is 0 Å². The van der Waals surface area contributed by atoms with Gasteiger partial charge in [0.2, 0.25) is 5.91 Å². The molecule has 2 aliphatic carbocycles. The maximum Gasteiger partial charge on any atom is 0.225 e. The first-order valence-corrected chi connectivity index (χ1v) is 16.4. The first kappa shape index (κ1) is 25.9. The molecule has 3 fully saturated rings. The predicted octanol–water partition coefficient (Wildman–Crippen LogP) is 5.33. The van der Waals surface area contributed by atoms with E-state index in [0.717, 1.165) is 77.0 Å². The first-order chi connectivity index (χ1) is 19.9. The molecule has 216 valence electrons. The number of likely N-dealkylation sites (tertiary alicyclic amines) is 1. The molecule has 0 radical (unpaired) electrons. The number of carbonyl (C=O) groups is 1. The molecule has 1 saturated carbocycles. The van der Waals surface area contributed by atoms with Crippen molar-refractivity contribution in [3.63, 3.8) is 0 Å². The lowest BCUT2D eigenvalue weighted by Gasteiger charge is -2.50. The summed E-state index contributed by atoms with van der Waals surface area (Å²) in [5, 5.41) is 9.36. The third-order valence-electron chi connectivity index (χ3n) is 10.3. The maximum atomic E-state index is 13.3. The Bertz CT molecular complexity index is 1640. The van der Waals surface area contributed by atoms with E-state index in [2.05, 4.69) is 52.3 Å². The second kappa shape index (κ2) is 9.64. The van der Waals surface area contributed by atoms with E-state index in [0.29, 0.717) is 17.7 Å². The Labute approximate surface area is 244 Å². The van der Waals surface area contributed by atoms with Crippen LogP contribution in [0.1, 0.15) is 84.9 Å². The largest absolute Gasteiger partial charge is 0.372 e. The van der Waals surface area contributed by atoms with Gasteiger partial charge in [-0.25, -0.2) is 9.50 Å². The van der Waals surface area contributed by atoms with Gasteiger partial charge < -0.3 is 19.9 Å². The number of nitrogens with one attached hydrogen (secondary N) is 2. The molecule has 6 heterocycles. The summed E-state index contributed by atoms with van der Waals surface area (Å²) in [5.41, 5.74) is 9.17. The number of amides is 1. The Hall–Kier alpha value is -2.75. The first-order valence-electron chi connectivity index (χ1n) is 15.6. The number of ether oxygens (including phenoxy) is 1. The second-order valence-corrected chi connectivity index (χ2v) is 14.2. The van der Waals surface area contributed by atoms with Crippen LogP contribution in [0.2, 0.25) is 0 Å². The summed E-state index contributed by atoms with van der Waals surface area (Å²) in [6.45, 7) is 11.3. The van der Waals surface area contributed by atoms with Gasteiger partial charge in [-0.2, -0.15) is 5.10 Å². The minimum Gasteiger partial charge on any atom is -0.372 e. The molecule has 0 aromatic carbocycles. The highest BCUT2D eigenvalue weighted by atomic mass is 32.1. The van der Waals surface area contributed by atoms with Crippen molar-refractivity contribution in [2.24, 2.45) is 5.92 Å². The van der Waals surface area contributed by atoms with E-state index in [4.69, 9.17) is 4.74 Å². The Morgan fingerprint density at radius 3 is 2.76 bits per heavy atom. The Morgan fingerprint density at radius 1 is 1.20 bits per heavy atom. The number of thiophene rings is 1. The number of rotatable bonds is 4. The average Bonchev–Trinajstić information content (AvgIpc) is 3.75. The smallest absolute Gasteiger partial charge is 0.225 e. The number of pyridine rings is 1. The number of nitrogens with zero attached hydrogens (tertiary/aromatic N) is 4. The standard InChI is InChI=1S/C32H40N6O2S/c1-18(2)25-26-19(3)28(20-7-10-37(11-8-20)31(39)21-13-32(14-21)16-33-9-12-40-32)41-30(26)36-27(25)24-15-38-29(34-17-35-38)23-6-4-5-22(23)24/h15,17-18,20-21,33,36H,4-14,16H2,1-3H3/t21-,32-. The highest BCUT2D eigenvalue weighted by molar-refractivity contribution is 7.19. The quantitative estimate of drug-likeness (QED) is 0.345. The zero-order chi connectivity index (χ0) is 27.9. The van der Waals surface area contributed by atoms with E-state index in [1.807, 2.05) is 15.9 Å². The molecule has 0 bridgehead atoms. The molecule has 1 spiro atoms. The van der Waals surface area contributed by atoms with Crippen molar-refractivity contribution in [1.82, 2.24) is 29.8 Å². The average molecular weight is 573 g/mol. The van der Waals surface area contributed by atoms with Crippen molar-refractivity contribution in [1.29, 1.82) is 0 Å². The lowest BCUT2D eigenvalue weighted by atomic mass is 9.69. The van der Waals surface area contributed by atoms with Crippen molar-refractivity contribution in [3.05, 3.63) is 39.7 Å². The molecule has 2 aliphatic heterocycles. The van der Waals surface area contributed by atoms with Crippen molar-refractivity contribution in [2.45, 2.75) is 83.2 Å². The predicted molar refractivity (Wildman–Crippen MR) is 162 cm³/mol. The van der Waals surface area contributed by atoms with Gasteiger partial charge in [-0.15, -0.1) is 11.3 Å². The number of piperidine rings is 1. The van der Waals surface area contributed by atoms with Gasteiger partial charge in [-0.05, 0) is 80.4 Å². The molecule has 0 unspecified atom stereocenters. The molecular weight excluding hydrogens is 532 g/mol. The van der Waals surface area contributed by atoms with E-state index in [1.165, 1.54) is 55.0 Å². The highest BCUT2D eigenvalue weighted by Gasteiger charge is 2.50. The van der Waals surface area contributed by atoms with Gasteiger partial charge in [0.05, 0.1) is 17.9 Å². The van der Waals surface area contributed by atoms with E-state index in [9.17, 15) is 4.79 Å². The topological polar surface area (TPSA) is 87.6 Å². The fourth-order valence-electron chi connectivity index (χ4n) is 8.29.